The lowest BCUT2D eigenvalue weighted by Crippen LogP contribution is -2.46. The number of piperazine rings is 1. The van der Waals surface area contributed by atoms with Crippen LogP contribution >= 0.6 is 0 Å². The van der Waals surface area contributed by atoms with Crippen molar-refractivity contribution in [1.82, 2.24) is 19.6 Å². The minimum Gasteiger partial charge on any atom is -0.475 e. The number of imidazole rings is 1. The van der Waals surface area contributed by atoms with Gasteiger partial charge in [0.15, 0.2) is 11.4 Å². The van der Waals surface area contributed by atoms with Crippen molar-refractivity contribution in [2.75, 3.05) is 42.6 Å². The first-order valence-electron chi connectivity index (χ1n) is 11.8. The number of furan rings is 1. The summed E-state index contributed by atoms with van der Waals surface area (Å²) in [6.07, 6.45) is 3.57. The van der Waals surface area contributed by atoms with Crippen LogP contribution in [0.3, 0.4) is 0 Å². The molecular formula is C26H27N7O2. The highest BCUT2D eigenvalue weighted by Crippen LogP contribution is 2.33. The van der Waals surface area contributed by atoms with Crippen LogP contribution in [0.4, 0.5) is 11.5 Å². The molecule has 9 heteroatoms. The summed E-state index contributed by atoms with van der Waals surface area (Å²) in [4.78, 5) is 13.9. The molecule has 35 heavy (non-hydrogen) atoms. The molecule has 0 aliphatic carbocycles. The molecule has 1 saturated heterocycles. The molecule has 0 spiro atoms. The number of rotatable bonds is 6. The summed E-state index contributed by atoms with van der Waals surface area (Å²) in [6.45, 7) is 5.93. The number of nitrogens with two attached hydrogens (primary N) is 1. The Morgan fingerprint density at radius 2 is 1.80 bits per heavy atom. The van der Waals surface area contributed by atoms with Crippen molar-refractivity contribution in [3.05, 3.63) is 67.0 Å². The van der Waals surface area contributed by atoms with Crippen molar-refractivity contribution < 1.29 is 9.15 Å². The van der Waals surface area contributed by atoms with Gasteiger partial charge in [0.05, 0.1) is 11.6 Å². The number of pyridine rings is 1. The molecule has 1 aliphatic rings. The fourth-order valence-corrected chi connectivity index (χ4v) is 4.46. The van der Waals surface area contributed by atoms with Gasteiger partial charge in [-0.2, -0.15) is 0 Å². The molecule has 0 radical (unpaired) electrons. The van der Waals surface area contributed by atoms with Crippen LogP contribution in [0.1, 0.15) is 6.92 Å². The lowest BCUT2D eigenvalue weighted by Gasteiger charge is -2.36. The smallest absolute Gasteiger partial charge is 0.231 e. The SMILES string of the molecule is C[C@H](N)COc1ccc2ncc(-c3cc4c(N5CCN(c6ccccc6)CC5)nccc4o3)n2n1. The molecule has 5 heterocycles. The van der Waals surface area contributed by atoms with Crippen LogP contribution < -0.4 is 20.3 Å². The third kappa shape index (κ3) is 4.15. The molecule has 2 N–H and O–H groups in total. The van der Waals surface area contributed by atoms with E-state index in [0.29, 0.717) is 23.9 Å². The van der Waals surface area contributed by atoms with E-state index in [9.17, 15) is 0 Å². The number of hydrogen-bond donors (Lipinski definition) is 1. The van der Waals surface area contributed by atoms with Crippen molar-refractivity contribution in [3.8, 4) is 17.3 Å². The summed E-state index contributed by atoms with van der Waals surface area (Å²) in [5.41, 5.74) is 9.32. The molecule has 1 fully saturated rings. The number of nitrogens with zero attached hydrogens (tertiary/aromatic N) is 6. The van der Waals surface area contributed by atoms with Gasteiger partial charge in [0, 0.05) is 50.2 Å². The quantitative estimate of drug-likeness (QED) is 0.403. The highest BCUT2D eigenvalue weighted by molar-refractivity contribution is 5.92. The van der Waals surface area contributed by atoms with E-state index in [1.54, 1.807) is 23.0 Å². The summed E-state index contributed by atoms with van der Waals surface area (Å²) >= 11 is 0. The predicted molar refractivity (Wildman–Crippen MR) is 136 cm³/mol. The maximum absolute atomic E-state index is 6.24. The molecule has 1 aromatic carbocycles. The maximum Gasteiger partial charge on any atom is 0.231 e. The van der Waals surface area contributed by atoms with Gasteiger partial charge in [0.25, 0.3) is 0 Å². The van der Waals surface area contributed by atoms with Crippen LogP contribution in [0.2, 0.25) is 0 Å². The third-order valence-electron chi connectivity index (χ3n) is 6.21. The molecule has 1 atom stereocenters. The maximum atomic E-state index is 6.24. The molecular weight excluding hydrogens is 442 g/mol. The fraction of sp³-hybridized carbons (Fsp3) is 0.269. The van der Waals surface area contributed by atoms with Gasteiger partial charge in [-0.25, -0.2) is 14.5 Å². The zero-order chi connectivity index (χ0) is 23.8. The third-order valence-corrected chi connectivity index (χ3v) is 6.21. The predicted octanol–water partition coefficient (Wildman–Crippen LogP) is 3.59. The summed E-state index contributed by atoms with van der Waals surface area (Å²) in [5, 5.41) is 5.57. The lowest BCUT2D eigenvalue weighted by atomic mass is 10.2. The lowest BCUT2D eigenvalue weighted by molar-refractivity contribution is 0.281. The van der Waals surface area contributed by atoms with Gasteiger partial charge >= 0.3 is 0 Å². The van der Waals surface area contributed by atoms with E-state index in [1.165, 1.54) is 5.69 Å². The number of anilines is 2. The van der Waals surface area contributed by atoms with Gasteiger partial charge in [-0.1, -0.05) is 18.2 Å². The Balaban J connectivity index is 1.29. The van der Waals surface area contributed by atoms with Crippen LogP contribution in [0.15, 0.2) is 71.4 Å². The number of hydrogen-bond acceptors (Lipinski definition) is 8. The Morgan fingerprint density at radius 3 is 2.60 bits per heavy atom. The van der Waals surface area contributed by atoms with Crippen molar-refractivity contribution in [3.63, 3.8) is 0 Å². The second kappa shape index (κ2) is 8.92. The average molecular weight is 470 g/mol. The largest absolute Gasteiger partial charge is 0.475 e. The second-order valence-electron chi connectivity index (χ2n) is 8.84. The van der Waals surface area contributed by atoms with Gasteiger partial charge in [-0.05, 0) is 37.3 Å². The molecule has 9 nitrogen and oxygen atoms in total. The highest BCUT2D eigenvalue weighted by Gasteiger charge is 2.22. The zero-order valence-corrected chi connectivity index (χ0v) is 19.5. The van der Waals surface area contributed by atoms with E-state index in [-0.39, 0.29) is 6.04 Å². The van der Waals surface area contributed by atoms with E-state index < -0.39 is 0 Å². The van der Waals surface area contributed by atoms with Gasteiger partial charge in [0.1, 0.15) is 23.7 Å². The molecule has 1 aliphatic heterocycles. The molecule has 178 valence electrons. The Kier molecular flexibility index (Phi) is 5.46. The van der Waals surface area contributed by atoms with E-state index >= 15 is 0 Å². The first-order valence-corrected chi connectivity index (χ1v) is 11.8. The van der Waals surface area contributed by atoms with E-state index in [2.05, 4.69) is 50.2 Å². The topological polar surface area (TPSA) is 98.0 Å². The summed E-state index contributed by atoms with van der Waals surface area (Å²) < 4.78 is 13.7. The van der Waals surface area contributed by atoms with Crippen LogP contribution in [-0.2, 0) is 0 Å². The van der Waals surface area contributed by atoms with E-state index in [4.69, 9.17) is 19.9 Å². The number of fused-ring (bicyclic) bond motifs is 2. The van der Waals surface area contributed by atoms with E-state index in [0.717, 1.165) is 48.7 Å². The van der Waals surface area contributed by atoms with Crippen molar-refractivity contribution >= 4 is 28.1 Å². The summed E-state index contributed by atoms with van der Waals surface area (Å²) in [5.74, 6) is 2.11. The Labute approximate surface area is 202 Å². The molecule has 6 rings (SSSR count). The van der Waals surface area contributed by atoms with E-state index in [1.807, 2.05) is 25.1 Å². The molecule has 4 aromatic heterocycles. The summed E-state index contributed by atoms with van der Waals surface area (Å²) in [6, 6.07) is 18.1. The number of ether oxygens (including phenoxy) is 1. The zero-order valence-electron chi connectivity index (χ0n) is 19.5. The number of para-hydroxylation sites is 1. The van der Waals surface area contributed by atoms with Crippen molar-refractivity contribution in [2.45, 2.75) is 13.0 Å². The van der Waals surface area contributed by atoms with Crippen LogP contribution in [0, 0.1) is 0 Å². The highest BCUT2D eigenvalue weighted by atomic mass is 16.5. The first kappa shape index (κ1) is 21.4. The van der Waals surface area contributed by atoms with Gasteiger partial charge in [-0.3, -0.25) is 0 Å². The molecule has 0 saturated carbocycles. The number of benzene rings is 1. The fourth-order valence-electron chi connectivity index (χ4n) is 4.46. The Bertz CT molecular complexity index is 1450. The molecule has 5 aromatic rings. The van der Waals surface area contributed by atoms with Crippen LogP contribution in [0.5, 0.6) is 5.88 Å². The summed E-state index contributed by atoms with van der Waals surface area (Å²) in [7, 11) is 0. The van der Waals surface area contributed by atoms with Crippen LogP contribution in [0.25, 0.3) is 28.1 Å². The second-order valence-corrected chi connectivity index (χ2v) is 8.84. The molecule has 0 unspecified atom stereocenters. The molecule has 0 bridgehead atoms. The van der Waals surface area contributed by atoms with Gasteiger partial charge in [0.2, 0.25) is 5.88 Å². The minimum atomic E-state index is -0.0781. The Morgan fingerprint density at radius 1 is 1.00 bits per heavy atom. The number of aromatic nitrogens is 4. The van der Waals surface area contributed by atoms with Gasteiger partial charge in [-0.15, -0.1) is 5.10 Å². The van der Waals surface area contributed by atoms with Crippen LogP contribution in [-0.4, -0.2) is 58.4 Å². The standard InChI is InChI=1S/C26H27N7O2/c1-18(27)17-34-25-8-7-24-29-16-21(33(24)30-25)23-15-20-22(35-23)9-10-28-26(20)32-13-11-31(12-14-32)19-5-3-2-4-6-19/h2-10,15-16,18H,11-14,17,27H2,1H3/t18-/m0/s1. The molecule has 0 amide bonds. The average Bonchev–Trinajstić information content (AvgIpc) is 3.52. The van der Waals surface area contributed by atoms with Gasteiger partial charge < -0.3 is 24.7 Å². The monoisotopic (exact) mass is 469 g/mol. The van der Waals surface area contributed by atoms with Crippen molar-refractivity contribution in [2.24, 2.45) is 5.73 Å². The minimum absolute atomic E-state index is 0.0781. The Hall–Kier alpha value is -4.11. The first-order chi connectivity index (χ1) is 17.2. The normalized spacial score (nSPS) is 15.1. The van der Waals surface area contributed by atoms with Crippen molar-refractivity contribution in [1.29, 1.82) is 0 Å².